The molecular formula is C17H14ClNO. The molecule has 0 aromatic heterocycles. The van der Waals surface area contributed by atoms with Crippen molar-refractivity contribution in [3.05, 3.63) is 71.2 Å². The highest BCUT2D eigenvalue weighted by atomic mass is 35.5. The summed E-state index contributed by atoms with van der Waals surface area (Å²) >= 11 is 5.97. The Morgan fingerprint density at radius 3 is 2.50 bits per heavy atom. The zero-order chi connectivity index (χ0) is 13.9. The summed E-state index contributed by atoms with van der Waals surface area (Å²) in [6, 6.07) is 19.4. The van der Waals surface area contributed by atoms with Crippen LogP contribution in [0, 0.1) is 0 Å². The van der Waals surface area contributed by atoms with Gasteiger partial charge < -0.3 is 10.5 Å². The molecule has 3 aromatic carbocycles. The zero-order valence-corrected chi connectivity index (χ0v) is 11.6. The van der Waals surface area contributed by atoms with E-state index in [2.05, 4.69) is 0 Å². The Hall–Kier alpha value is -2.19. The van der Waals surface area contributed by atoms with Crippen molar-refractivity contribution in [1.82, 2.24) is 0 Å². The van der Waals surface area contributed by atoms with E-state index in [0.29, 0.717) is 11.6 Å². The van der Waals surface area contributed by atoms with E-state index in [1.807, 2.05) is 60.7 Å². The number of nitrogens with two attached hydrogens (primary N) is 1. The minimum Gasteiger partial charge on any atom is -0.488 e. The molecule has 0 spiro atoms. The highest BCUT2D eigenvalue weighted by Gasteiger charge is 2.05. The van der Waals surface area contributed by atoms with Crippen LogP contribution in [0.25, 0.3) is 10.8 Å². The van der Waals surface area contributed by atoms with Crippen LogP contribution in [0.3, 0.4) is 0 Å². The summed E-state index contributed by atoms with van der Waals surface area (Å²) in [5.41, 5.74) is 7.78. The summed E-state index contributed by atoms with van der Waals surface area (Å²) in [5.74, 6) is 0.828. The van der Waals surface area contributed by atoms with Crippen LogP contribution in [-0.2, 0) is 6.61 Å². The molecule has 0 radical (unpaired) electrons. The third-order valence-electron chi connectivity index (χ3n) is 3.20. The lowest BCUT2D eigenvalue weighted by atomic mass is 10.1. The number of hydrogen-bond donors (Lipinski definition) is 1. The molecule has 0 fully saturated rings. The molecule has 2 nitrogen and oxygen atoms in total. The Morgan fingerprint density at radius 2 is 1.70 bits per heavy atom. The highest BCUT2D eigenvalue weighted by molar-refractivity contribution is 6.30. The first-order chi connectivity index (χ1) is 9.74. The molecule has 0 bridgehead atoms. The third kappa shape index (κ3) is 2.56. The van der Waals surface area contributed by atoms with Crippen molar-refractivity contribution in [3.63, 3.8) is 0 Å². The van der Waals surface area contributed by atoms with Crippen molar-refractivity contribution < 1.29 is 4.74 Å². The van der Waals surface area contributed by atoms with E-state index in [-0.39, 0.29) is 0 Å². The van der Waals surface area contributed by atoms with Crippen molar-refractivity contribution in [2.75, 3.05) is 5.73 Å². The molecule has 0 atom stereocenters. The van der Waals surface area contributed by atoms with Crippen LogP contribution in [0.15, 0.2) is 60.7 Å². The lowest BCUT2D eigenvalue weighted by molar-refractivity contribution is 0.310. The normalized spacial score (nSPS) is 10.7. The average Bonchev–Trinajstić information content (AvgIpc) is 2.47. The molecule has 0 amide bonds. The second kappa shape index (κ2) is 5.43. The number of rotatable bonds is 3. The monoisotopic (exact) mass is 283 g/mol. The molecule has 0 aliphatic heterocycles. The Bertz CT molecular complexity index is 755. The van der Waals surface area contributed by atoms with Gasteiger partial charge in [0.15, 0.2) is 0 Å². The Kier molecular flexibility index (Phi) is 3.48. The minimum absolute atomic E-state index is 0.481. The van der Waals surface area contributed by atoms with Crippen molar-refractivity contribution in [1.29, 1.82) is 0 Å². The lowest BCUT2D eigenvalue weighted by Gasteiger charge is -2.11. The summed E-state index contributed by atoms with van der Waals surface area (Å²) in [5, 5.41) is 2.75. The molecule has 0 saturated heterocycles. The summed E-state index contributed by atoms with van der Waals surface area (Å²) in [6.45, 7) is 0.481. The molecule has 0 heterocycles. The summed E-state index contributed by atoms with van der Waals surface area (Å²) in [4.78, 5) is 0. The molecule has 3 rings (SSSR count). The Balaban J connectivity index is 1.90. The largest absolute Gasteiger partial charge is 0.488 e. The summed E-state index contributed by atoms with van der Waals surface area (Å²) in [7, 11) is 0. The fourth-order valence-corrected chi connectivity index (χ4v) is 2.42. The molecule has 0 saturated carbocycles. The third-order valence-corrected chi connectivity index (χ3v) is 3.44. The maximum atomic E-state index is 5.98. The van der Waals surface area contributed by atoms with Crippen molar-refractivity contribution in [2.24, 2.45) is 0 Å². The van der Waals surface area contributed by atoms with Gasteiger partial charge in [-0.3, -0.25) is 0 Å². The Labute approximate surface area is 122 Å². The predicted octanol–water partition coefficient (Wildman–Crippen LogP) is 4.65. The van der Waals surface area contributed by atoms with Crippen LogP contribution in [-0.4, -0.2) is 0 Å². The van der Waals surface area contributed by atoms with Crippen LogP contribution >= 0.6 is 11.6 Å². The number of nitrogen functional groups attached to an aromatic ring is 1. The van der Waals surface area contributed by atoms with E-state index in [1.54, 1.807) is 0 Å². The first-order valence-corrected chi connectivity index (χ1v) is 6.76. The number of benzene rings is 3. The molecule has 0 aliphatic rings. The van der Waals surface area contributed by atoms with Crippen molar-refractivity contribution in [2.45, 2.75) is 6.61 Å². The Morgan fingerprint density at radius 1 is 0.900 bits per heavy atom. The minimum atomic E-state index is 0.481. The van der Waals surface area contributed by atoms with E-state index < -0.39 is 0 Å². The van der Waals surface area contributed by atoms with Crippen LogP contribution in [0.2, 0.25) is 5.02 Å². The van der Waals surface area contributed by atoms with Crippen LogP contribution < -0.4 is 10.5 Å². The van der Waals surface area contributed by atoms with E-state index in [0.717, 1.165) is 27.8 Å². The maximum absolute atomic E-state index is 5.98. The van der Waals surface area contributed by atoms with Gasteiger partial charge in [-0.2, -0.15) is 0 Å². The van der Waals surface area contributed by atoms with Gasteiger partial charge in [-0.15, -0.1) is 0 Å². The number of hydrogen-bond acceptors (Lipinski definition) is 2. The predicted molar refractivity (Wildman–Crippen MR) is 84.1 cm³/mol. The lowest BCUT2D eigenvalue weighted by Crippen LogP contribution is -1.97. The molecule has 100 valence electrons. The van der Waals surface area contributed by atoms with Crippen LogP contribution in [0.4, 0.5) is 5.69 Å². The van der Waals surface area contributed by atoms with E-state index in [9.17, 15) is 0 Å². The van der Waals surface area contributed by atoms with Gasteiger partial charge in [0.2, 0.25) is 0 Å². The number of anilines is 1. The van der Waals surface area contributed by atoms with Gasteiger partial charge in [0, 0.05) is 21.5 Å². The van der Waals surface area contributed by atoms with Gasteiger partial charge in [0.1, 0.15) is 12.4 Å². The number of ether oxygens (including phenoxy) is 1. The highest BCUT2D eigenvalue weighted by Crippen LogP contribution is 2.30. The standard InChI is InChI=1S/C17H14ClNO/c18-13-5-3-4-12(10-13)11-20-17-9-8-16(19)14-6-1-2-7-15(14)17/h1-10H,11,19H2. The van der Waals surface area contributed by atoms with Crippen molar-refractivity contribution in [3.8, 4) is 5.75 Å². The SMILES string of the molecule is Nc1ccc(OCc2cccc(Cl)c2)c2ccccc12. The first kappa shape index (κ1) is 12.8. The second-order valence-corrected chi connectivity index (χ2v) is 5.05. The fraction of sp³-hybridized carbons (Fsp3) is 0.0588. The molecule has 2 N–H and O–H groups in total. The summed E-state index contributed by atoms with van der Waals surface area (Å²) < 4.78 is 5.90. The second-order valence-electron chi connectivity index (χ2n) is 4.62. The van der Waals surface area contributed by atoms with Gasteiger partial charge in [0.05, 0.1) is 0 Å². The first-order valence-electron chi connectivity index (χ1n) is 6.38. The number of fused-ring (bicyclic) bond motifs is 1. The van der Waals surface area contributed by atoms with Gasteiger partial charge in [0.25, 0.3) is 0 Å². The number of halogens is 1. The average molecular weight is 284 g/mol. The van der Waals surface area contributed by atoms with Crippen molar-refractivity contribution >= 4 is 28.1 Å². The molecule has 20 heavy (non-hydrogen) atoms. The van der Waals surface area contributed by atoms with E-state index in [1.165, 1.54) is 0 Å². The molecule has 0 unspecified atom stereocenters. The smallest absolute Gasteiger partial charge is 0.127 e. The van der Waals surface area contributed by atoms with E-state index >= 15 is 0 Å². The molecule has 3 heteroatoms. The van der Waals surface area contributed by atoms with E-state index in [4.69, 9.17) is 22.1 Å². The quantitative estimate of drug-likeness (QED) is 0.710. The maximum Gasteiger partial charge on any atom is 0.127 e. The topological polar surface area (TPSA) is 35.2 Å². The van der Waals surface area contributed by atoms with Crippen LogP contribution in [0.1, 0.15) is 5.56 Å². The molecule has 0 aliphatic carbocycles. The van der Waals surface area contributed by atoms with Gasteiger partial charge >= 0.3 is 0 Å². The summed E-state index contributed by atoms with van der Waals surface area (Å²) in [6.07, 6.45) is 0. The van der Waals surface area contributed by atoms with Crippen LogP contribution in [0.5, 0.6) is 5.75 Å². The van der Waals surface area contributed by atoms with Gasteiger partial charge in [-0.05, 0) is 29.8 Å². The zero-order valence-electron chi connectivity index (χ0n) is 10.8. The van der Waals surface area contributed by atoms with Gasteiger partial charge in [-0.25, -0.2) is 0 Å². The molecular weight excluding hydrogens is 270 g/mol. The molecule has 3 aromatic rings. The fourth-order valence-electron chi connectivity index (χ4n) is 2.21. The van der Waals surface area contributed by atoms with Gasteiger partial charge in [-0.1, -0.05) is 48.0 Å².